The second-order valence-corrected chi connectivity index (χ2v) is 3.09. The van der Waals surface area contributed by atoms with Crippen LogP contribution in [-0.2, 0) is 12.3 Å². The maximum atomic E-state index is 12.6. The number of hydrogen-bond acceptors (Lipinski definition) is 4. The van der Waals surface area contributed by atoms with Gasteiger partial charge >= 0.3 is 5.92 Å². The molecule has 1 aromatic heterocycles. The van der Waals surface area contributed by atoms with Gasteiger partial charge in [-0.2, -0.15) is 13.8 Å². The highest BCUT2D eigenvalue weighted by molar-refractivity contribution is 4.93. The average molecular weight is 191 g/mol. The minimum atomic E-state index is -3.08. The minimum absolute atomic E-state index is 0.170. The molecule has 6 heteroatoms. The van der Waals surface area contributed by atoms with Crippen molar-refractivity contribution in [3.05, 3.63) is 11.7 Å². The predicted octanol–water partition coefficient (Wildman–Crippen LogP) is 1.07. The third kappa shape index (κ3) is 2.73. The SMILES string of the molecule is CC(N)Cc1noc(C(C)(F)F)n1. The van der Waals surface area contributed by atoms with Crippen LogP contribution in [0.1, 0.15) is 25.6 Å². The van der Waals surface area contributed by atoms with E-state index in [1.807, 2.05) is 0 Å². The van der Waals surface area contributed by atoms with Gasteiger partial charge in [0, 0.05) is 19.4 Å². The fourth-order valence-electron chi connectivity index (χ4n) is 0.803. The molecule has 0 amide bonds. The Morgan fingerprint density at radius 1 is 1.62 bits per heavy atom. The molecule has 0 aromatic carbocycles. The van der Waals surface area contributed by atoms with Crippen molar-refractivity contribution in [2.24, 2.45) is 5.73 Å². The van der Waals surface area contributed by atoms with Crippen molar-refractivity contribution in [3.8, 4) is 0 Å². The molecule has 1 atom stereocenters. The third-order valence-electron chi connectivity index (χ3n) is 1.35. The summed E-state index contributed by atoms with van der Waals surface area (Å²) < 4.78 is 29.5. The Balaban J connectivity index is 2.75. The Hall–Kier alpha value is -1.04. The molecule has 2 N–H and O–H groups in total. The smallest absolute Gasteiger partial charge is 0.322 e. The van der Waals surface area contributed by atoms with Gasteiger partial charge in [0.25, 0.3) is 5.89 Å². The zero-order valence-electron chi connectivity index (χ0n) is 7.42. The molecule has 1 heterocycles. The van der Waals surface area contributed by atoms with Crippen molar-refractivity contribution in [1.29, 1.82) is 0 Å². The van der Waals surface area contributed by atoms with E-state index in [9.17, 15) is 8.78 Å². The molecule has 0 saturated carbocycles. The molecule has 1 unspecified atom stereocenters. The maximum absolute atomic E-state index is 12.6. The van der Waals surface area contributed by atoms with Gasteiger partial charge in [-0.1, -0.05) is 5.16 Å². The summed E-state index contributed by atoms with van der Waals surface area (Å²) in [5.74, 6) is -3.53. The van der Waals surface area contributed by atoms with E-state index in [-0.39, 0.29) is 11.9 Å². The van der Waals surface area contributed by atoms with Crippen LogP contribution in [0.4, 0.5) is 8.78 Å². The van der Waals surface area contributed by atoms with Crippen LogP contribution in [0.15, 0.2) is 4.52 Å². The summed E-state index contributed by atoms with van der Waals surface area (Å²) in [6.07, 6.45) is 0.333. The largest absolute Gasteiger partial charge is 0.333 e. The van der Waals surface area contributed by atoms with Gasteiger partial charge < -0.3 is 10.3 Å². The molecule has 1 rings (SSSR count). The van der Waals surface area contributed by atoms with Gasteiger partial charge in [0.05, 0.1) is 0 Å². The van der Waals surface area contributed by atoms with E-state index in [1.165, 1.54) is 0 Å². The van der Waals surface area contributed by atoms with Crippen LogP contribution in [0.2, 0.25) is 0 Å². The van der Waals surface area contributed by atoms with Crippen LogP contribution in [-0.4, -0.2) is 16.2 Å². The van der Waals surface area contributed by atoms with E-state index in [0.717, 1.165) is 0 Å². The van der Waals surface area contributed by atoms with Crippen molar-refractivity contribution >= 4 is 0 Å². The van der Waals surface area contributed by atoms with E-state index in [2.05, 4.69) is 14.7 Å². The van der Waals surface area contributed by atoms with Gasteiger partial charge in [-0.05, 0) is 6.92 Å². The second-order valence-electron chi connectivity index (χ2n) is 3.09. The molecule has 0 aliphatic heterocycles. The van der Waals surface area contributed by atoms with E-state index < -0.39 is 11.8 Å². The first-order valence-corrected chi connectivity index (χ1v) is 3.86. The molecule has 74 valence electrons. The average Bonchev–Trinajstić information content (AvgIpc) is 2.32. The zero-order chi connectivity index (χ0) is 10.1. The molecule has 4 nitrogen and oxygen atoms in total. The molecular weight excluding hydrogens is 180 g/mol. The normalized spacial score (nSPS) is 14.5. The van der Waals surface area contributed by atoms with E-state index in [1.54, 1.807) is 6.92 Å². The Kier molecular flexibility index (Phi) is 2.60. The molecule has 0 spiro atoms. The van der Waals surface area contributed by atoms with Gasteiger partial charge in [-0.25, -0.2) is 0 Å². The number of rotatable bonds is 3. The number of alkyl halides is 2. The standard InChI is InChI=1S/C7H11F2N3O/c1-4(10)3-5-11-6(13-12-5)7(2,8)9/h4H,3,10H2,1-2H3. The third-order valence-corrected chi connectivity index (χ3v) is 1.35. The summed E-state index contributed by atoms with van der Waals surface area (Å²) in [6.45, 7) is 2.44. The first-order valence-electron chi connectivity index (χ1n) is 3.86. The lowest BCUT2D eigenvalue weighted by Crippen LogP contribution is -2.18. The Morgan fingerprint density at radius 2 is 2.23 bits per heavy atom. The number of halogens is 2. The summed E-state index contributed by atoms with van der Waals surface area (Å²) >= 11 is 0. The van der Waals surface area contributed by atoms with Crippen LogP contribution in [0, 0.1) is 0 Å². The Labute approximate surface area is 74.1 Å². The first-order chi connectivity index (χ1) is 5.89. The molecule has 0 radical (unpaired) electrons. The molecule has 0 saturated heterocycles. The number of nitrogens with two attached hydrogens (primary N) is 1. The lowest BCUT2D eigenvalue weighted by Gasteiger charge is -2.01. The Morgan fingerprint density at radius 3 is 2.62 bits per heavy atom. The minimum Gasteiger partial charge on any atom is -0.333 e. The summed E-state index contributed by atoms with van der Waals surface area (Å²) in [7, 11) is 0. The highest BCUT2D eigenvalue weighted by Crippen LogP contribution is 2.24. The van der Waals surface area contributed by atoms with Crippen molar-refractivity contribution < 1.29 is 13.3 Å². The zero-order valence-corrected chi connectivity index (χ0v) is 7.42. The van der Waals surface area contributed by atoms with Gasteiger partial charge in [0.15, 0.2) is 5.82 Å². The molecule has 0 bridgehead atoms. The van der Waals surface area contributed by atoms with Gasteiger partial charge in [0.2, 0.25) is 0 Å². The van der Waals surface area contributed by atoms with Crippen LogP contribution in [0.3, 0.4) is 0 Å². The lowest BCUT2D eigenvalue weighted by atomic mass is 10.2. The monoisotopic (exact) mass is 191 g/mol. The molecule has 0 aliphatic carbocycles. The van der Waals surface area contributed by atoms with E-state index in [0.29, 0.717) is 13.3 Å². The van der Waals surface area contributed by atoms with Gasteiger partial charge in [-0.3, -0.25) is 0 Å². The molecule has 13 heavy (non-hydrogen) atoms. The maximum Gasteiger partial charge on any atom is 0.322 e. The first kappa shape index (κ1) is 10.0. The van der Waals surface area contributed by atoms with E-state index >= 15 is 0 Å². The summed E-state index contributed by atoms with van der Waals surface area (Å²) in [5, 5.41) is 3.38. The lowest BCUT2D eigenvalue weighted by molar-refractivity contribution is -0.0158. The summed E-state index contributed by atoms with van der Waals surface area (Å²) in [5.41, 5.74) is 5.43. The fourth-order valence-corrected chi connectivity index (χ4v) is 0.803. The van der Waals surface area contributed by atoms with E-state index in [4.69, 9.17) is 5.73 Å². The predicted molar refractivity (Wildman–Crippen MR) is 41.2 cm³/mol. The van der Waals surface area contributed by atoms with Gasteiger partial charge in [0.1, 0.15) is 0 Å². The number of hydrogen-bond donors (Lipinski definition) is 1. The highest BCUT2D eigenvalue weighted by atomic mass is 19.3. The second kappa shape index (κ2) is 3.37. The number of aromatic nitrogens is 2. The van der Waals surface area contributed by atoms with Crippen molar-refractivity contribution in [2.45, 2.75) is 32.2 Å². The van der Waals surface area contributed by atoms with Crippen LogP contribution in [0.25, 0.3) is 0 Å². The van der Waals surface area contributed by atoms with Crippen LogP contribution in [0.5, 0.6) is 0 Å². The van der Waals surface area contributed by atoms with Crippen molar-refractivity contribution in [1.82, 2.24) is 10.1 Å². The summed E-state index contributed by atoms with van der Waals surface area (Å²) in [6, 6.07) is -0.170. The molecule has 0 fully saturated rings. The topological polar surface area (TPSA) is 64.9 Å². The molecule has 1 aromatic rings. The molecule has 0 aliphatic rings. The highest BCUT2D eigenvalue weighted by Gasteiger charge is 2.32. The molecular formula is C7H11F2N3O. The Bertz CT molecular complexity index is 280. The van der Waals surface area contributed by atoms with Crippen molar-refractivity contribution in [3.63, 3.8) is 0 Å². The number of nitrogens with zero attached hydrogens (tertiary/aromatic N) is 2. The van der Waals surface area contributed by atoms with Gasteiger partial charge in [-0.15, -0.1) is 0 Å². The quantitative estimate of drug-likeness (QED) is 0.776. The summed E-state index contributed by atoms with van der Waals surface area (Å²) in [4.78, 5) is 3.51. The van der Waals surface area contributed by atoms with Crippen LogP contribution >= 0.6 is 0 Å². The van der Waals surface area contributed by atoms with Crippen LogP contribution < -0.4 is 5.73 Å². The van der Waals surface area contributed by atoms with Crippen molar-refractivity contribution in [2.75, 3.05) is 0 Å². The fraction of sp³-hybridized carbons (Fsp3) is 0.714.